The Morgan fingerprint density at radius 1 is 0.692 bits per heavy atom. The van der Waals surface area contributed by atoms with Crippen molar-refractivity contribution in [2.75, 3.05) is 0 Å². The molecule has 0 amide bonds. The van der Waals surface area contributed by atoms with Crippen molar-refractivity contribution in [2.24, 2.45) is 0 Å². The molecule has 0 saturated heterocycles. The molecule has 0 aromatic heterocycles. The third kappa shape index (κ3) is 14.6. The monoisotopic (exact) mass is 432 g/mol. The van der Waals surface area contributed by atoms with E-state index in [4.69, 9.17) is 20.4 Å². The zero-order valence-electron chi connectivity index (χ0n) is 11.8. The summed E-state index contributed by atoms with van der Waals surface area (Å²) in [5.41, 5.74) is 0. The predicted molar refractivity (Wildman–Crippen MR) is 84.9 cm³/mol. The minimum atomic E-state index is -2.07. The van der Waals surface area contributed by atoms with Crippen LogP contribution in [0.2, 0.25) is 0 Å². The van der Waals surface area contributed by atoms with Crippen molar-refractivity contribution in [3.05, 3.63) is 12.2 Å². The van der Waals surface area contributed by atoms with Crippen LogP contribution >= 0.6 is 0 Å². The molecule has 0 aliphatic carbocycles. The van der Waals surface area contributed by atoms with Gasteiger partial charge in [0.2, 0.25) is 0 Å². The molecule has 2 unspecified atom stereocenters. The van der Waals surface area contributed by atoms with Gasteiger partial charge in [-0.25, -0.2) is 19.2 Å². The molecule has 0 aromatic rings. The Balaban J connectivity index is -0.00000264. The quantitative estimate of drug-likeness (QED) is 0.124. The van der Waals surface area contributed by atoms with Crippen LogP contribution in [-0.2, 0) is 38.2 Å². The molecule has 140 valence electrons. The maximum atomic E-state index is 11.1. The first-order valence-electron chi connectivity index (χ1n) is 6.02. The number of rotatable bonds is 8. The van der Waals surface area contributed by atoms with Gasteiger partial charge in [-0.05, 0) is 0 Å². The van der Waals surface area contributed by atoms with Crippen LogP contribution in [0.5, 0.6) is 0 Å². The summed E-state index contributed by atoms with van der Waals surface area (Å²) in [6, 6.07) is 0. The first-order chi connectivity index (χ1) is 11.0. The van der Waals surface area contributed by atoms with Crippen LogP contribution in [0.3, 0.4) is 0 Å². The van der Waals surface area contributed by atoms with E-state index in [1.165, 1.54) is 0 Å². The second-order valence-corrected chi connectivity index (χ2v) is 4.04. The molecule has 0 spiro atoms. The average molecular weight is 432 g/mol. The molecule has 0 aliphatic heterocycles. The fourth-order valence-electron chi connectivity index (χ4n) is 1.00. The normalized spacial score (nSPS) is 11.9. The number of carbonyl (C=O) groups is 6. The van der Waals surface area contributed by atoms with Gasteiger partial charge in [0, 0.05) is 12.2 Å². The van der Waals surface area contributed by atoms with E-state index in [9.17, 15) is 28.8 Å². The molecule has 0 radical (unpaired) electrons. The Kier molecular flexibility index (Phi) is 17.9. The number of carboxylic acids is 2. The van der Waals surface area contributed by atoms with Crippen molar-refractivity contribution in [2.45, 2.75) is 25.0 Å². The predicted octanol–water partition coefficient (Wildman–Crippen LogP) is -4.48. The molecule has 2 atom stereocenters. The topological polar surface area (TPSA) is 202 Å². The van der Waals surface area contributed by atoms with E-state index >= 15 is 0 Å². The van der Waals surface area contributed by atoms with Crippen molar-refractivity contribution >= 4 is 111 Å². The number of esters is 4. The summed E-state index contributed by atoms with van der Waals surface area (Å²) in [5, 5.41) is 34.3. The first-order valence-corrected chi connectivity index (χ1v) is 6.02. The standard InChI is InChI=1S/C12H12O12.2Ca.4H/c13-5(11(19)20)3-9(17)23-7(15)1-2-8(16)24-10(18)4-6(14)12(21)22;;;;;;/h1-2,5-6,13-14H,3-4H2,(H,19,20)(H,21,22);;;;;;/b2-1+;;;;;;. The molecule has 0 aliphatic rings. The second kappa shape index (κ2) is 15.5. The number of aliphatic hydroxyl groups is 2. The molecule has 0 fully saturated rings. The third-order valence-electron chi connectivity index (χ3n) is 2.07. The van der Waals surface area contributed by atoms with Crippen LogP contribution in [-0.4, -0.2) is 144 Å². The summed E-state index contributed by atoms with van der Waals surface area (Å²) in [4.78, 5) is 64.7. The van der Waals surface area contributed by atoms with E-state index in [2.05, 4.69) is 9.47 Å². The number of hydrogen-bond donors (Lipinski definition) is 4. The summed E-state index contributed by atoms with van der Waals surface area (Å²) in [7, 11) is 0. The molecular weight excluding hydrogens is 416 g/mol. The van der Waals surface area contributed by atoms with Crippen LogP contribution in [0.15, 0.2) is 12.2 Å². The van der Waals surface area contributed by atoms with Gasteiger partial charge in [-0.2, -0.15) is 0 Å². The van der Waals surface area contributed by atoms with E-state index in [0.717, 1.165) is 0 Å². The van der Waals surface area contributed by atoms with E-state index in [0.29, 0.717) is 12.2 Å². The van der Waals surface area contributed by atoms with Crippen molar-refractivity contribution in [1.29, 1.82) is 0 Å². The second-order valence-electron chi connectivity index (χ2n) is 4.04. The molecule has 0 aromatic carbocycles. The van der Waals surface area contributed by atoms with Crippen molar-refractivity contribution in [3.63, 3.8) is 0 Å². The van der Waals surface area contributed by atoms with Crippen LogP contribution in [0.25, 0.3) is 0 Å². The summed E-state index contributed by atoms with van der Waals surface area (Å²) < 4.78 is 8.05. The van der Waals surface area contributed by atoms with Crippen molar-refractivity contribution in [1.82, 2.24) is 0 Å². The van der Waals surface area contributed by atoms with Crippen LogP contribution in [0.4, 0.5) is 0 Å². The maximum absolute atomic E-state index is 11.1. The molecule has 0 bridgehead atoms. The number of aliphatic carboxylic acids is 2. The van der Waals surface area contributed by atoms with E-state index in [1.54, 1.807) is 0 Å². The molecule has 4 N–H and O–H groups in total. The molecule has 26 heavy (non-hydrogen) atoms. The zero-order chi connectivity index (χ0) is 18.9. The van der Waals surface area contributed by atoms with Gasteiger partial charge in [0.05, 0.1) is 12.8 Å². The molecule has 0 heterocycles. The van der Waals surface area contributed by atoms with E-state index in [1.807, 2.05) is 0 Å². The minimum absolute atomic E-state index is 0. The van der Waals surface area contributed by atoms with Crippen molar-refractivity contribution in [3.8, 4) is 0 Å². The van der Waals surface area contributed by atoms with Gasteiger partial charge in [0.15, 0.2) is 12.2 Å². The van der Waals surface area contributed by atoms with Crippen LogP contribution in [0, 0.1) is 0 Å². The summed E-state index contributed by atoms with van der Waals surface area (Å²) >= 11 is 0. The van der Waals surface area contributed by atoms with Gasteiger partial charge in [-0.3, -0.25) is 9.59 Å². The molecular formula is C12H16Ca2O12. The Labute approximate surface area is 205 Å². The zero-order valence-corrected chi connectivity index (χ0v) is 11.8. The molecule has 0 rings (SSSR count). The number of carboxylic acid groups (broad SMARTS) is 2. The Hall–Kier alpha value is -0.601. The fourth-order valence-corrected chi connectivity index (χ4v) is 1.00. The van der Waals surface area contributed by atoms with Crippen molar-refractivity contribution < 1.29 is 58.7 Å². The summed E-state index contributed by atoms with van der Waals surface area (Å²) in [6.07, 6.45) is -5.42. The number of ether oxygens (including phenoxy) is 2. The van der Waals surface area contributed by atoms with Crippen LogP contribution < -0.4 is 0 Å². The van der Waals surface area contributed by atoms with Gasteiger partial charge >= 0.3 is 111 Å². The van der Waals surface area contributed by atoms with E-state index < -0.39 is 60.9 Å². The summed E-state index contributed by atoms with van der Waals surface area (Å²) in [5.74, 6) is -9.00. The first kappa shape index (κ1) is 30.1. The Morgan fingerprint density at radius 3 is 1.19 bits per heavy atom. The van der Waals surface area contributed by atoms with Gasteiger partial charge in [-0.1, -0.05) is 0 Å². The van der Waals surface area contributed by atoms with Gasteiger partial charge in [-0.15, -0.1) is 0 Å². The molecule has 14 heteroatoms. The SMILES string of the molecule is O=C(/C=C/C(=O)OC(=O)CC(O)C(=O)O)OC(=O)CC(O)C(=O)O.[CaH2].[CaH2]. The van der Waals surface area contributed by atoms with Gasteiger partial charge in [0.25, 0.3) is 0 Å². The third-order valence-corrected chi connectivity index (χ3v) is 2.07. The number of carbonyl (C=O) groups excluding carboxylic acids is 4. The number of hydrogen-bond acceptors (Lipinski definition) is 10. The average Bonchev–Trinajstić information content (AvgIpc) is 2.44. The number of aliphatic hydroxyl groups excluding tert-OH is 2. The van der Waals surface area contributed by atoms with Gasteiger partial charge in [0.1, 0.15) is 0 Å². The van der Waals surface area contributed by atoms with Crippen LogP contribution in [0.1, 0.15) is 12.8 Å². The fraction of sp³-hybridized carbons (Fsp3) is 0.333. The Bertz CT molecular complexity index is 535. The summed E-state index contributed by atoms with van der Waals surface area (Å²) in [6.45, 7) is 0. The molecule has 12 nitrogen and oxygen atoms in total. The molecule has 0 saturated carbocycles. The van der Waals surface area contributed by atoms with E-state index in [-0.39, 0.29) is 75.5 Å². The van der Waals surface area contributed by atoms with Gasteiger partial charge < -0.3 is 29.9 Å². The Morgan fingerprint density at radius 2 is 0.962 bits per heavy atom.